The molecule has 95 valence electrons. The van der Waals surface area contributed by atoms with Crippen molar-refractivity contribution in [2.75, 3.05) is 0 Å². The predicted molar refractivity (Wildman–Crippen MR) is 72.3 cm³/mol. The summed E-state index contributed by atoms with van der Waals surface area (Å²) < 4.78 is 0. The van der Waals surface area contributed by atoms with Crippen LogP contribution in [0.3, 0.4) is 0 Å². The van der Waals surface area contributed by atoms with Gasteiger partial charge in [0.1, 0.15) is 0 Å². The highest BCUT2D eigenvalue weighted by atomic mass is 16.3. The van der Waals surface area contributed by atoms with Gasteiger partial charge in [-0.2, -0.15) is 0 Å². The Bertz CT molecular complexity index is 152. The maximum Gasteiger partial charge on any atom is 0.0720 e. The summed E-state index contributed by atoms with van der Waals surface area (Å²) in [6, 6.07) is 0. The summed E-state index contributed by atoms with van der Waals surface area (Å²) in [5.74, 6) is 0. The minimum absolute atomic E-state index is 0.226. The fraction of sp³-hybridized carbons (Fsp3) is 0.800. The van der Waals surface area contributed by atoms with Crippen LogP contribution in [-0.4, -0.2) is 11.2 Å². The standard InChI is InChI=1S/C15H29O/c1-3-5-7-9-10-12-14-15(16)13-11-8-6-4-2/h12,14-16H,2-11,13H2,1H3. The van der Waals surface area contributed by atoms with Gasteiger partial charge in [-0.05, 0) is 19.3 Å². The van der Waals surface area contributed by atoms with Crippen molar-refractivity contribution in [3.8, 4) is 0 Å². The number of allylic oxidation sites excluding steroid dienone is 1. The second-order valence-corrected chi connectivity index (χ2v) is 4.55. The molecule has 0 fully saturated rings. The summed E-state index contributed by atoms with van der Waals surface area (Å²) in [7, 11) is 0. The van der Waals surface area contributed by atoms with Crippen molar-refractivity contribution in [1.29, 1.82) is 0 Å². The molecule has 1 N–H and O–H groups in total. The second-order valence-electron chi connectivity index (χ2n) is 4.55. The summed E-state index contributed by atoms with van der Waals surface area (Å²) in [6.45, 7) is 6.04. The van der Waals surface area contributed by atoms with Crippen LogP contribution in [0.4, 0.5) is 0 Å². The molecular formula is C15H29O. The Morgan fingerprint density at radius 2 is 1.81 bits per heavy atom. The molecule has 1 atom stereocenters. The average molecular weight is 225 g/mol. The van der Waals surface area contributed by atoms with Gasteiger partial charge in [0.2, 0.25) is 0 Å². The Hall–Kier alpha value is -0.300. The molecule has 0 aromatic heterocycles. The molecule has 0 aliphatic rings. The number of hydrogen-bond acceptors (Lipinski definition) is 1. The summed E-state index contributed by atoms with van der Waals surface area (Å²) in [5.41, 5.74) is 0. The Morgan fingerprint density at radius 1 is 1.06 bits per heavy atom. The number of unbranched alkanes of at least 4 members (excludes halogenated alkanes) is 7. The third-order valence-electron chi connectivity index (χ3n) is 2.83. The van der Waals surface area contributed by atoms with E-state index in [2.05, 4.69) is 19.9 Å². The zero-order chi connectivity index (χ0) is 12.1. The first kappa shape index (κ1) is 15.7. The van der Waals surface area contributed by atoms with Gasteiger partial charge in [-0.3, -0.25) is 0 Å². The normalized spacial score (nSPS) is 13.4. The Kier molecular flexibility index (Phi) is 12.5. The van der Waals surface area contributed by atoms with E-state index in [1.54, 1.807) is 0 Å². The van der Waals surface area contributed by atoms with E-state index >= 15 is 0 Å². The highest BCUT2D eigenvalue weighted by molar-refractivity contribution is 4.88. The van der Waals surface area contributed by atoms with Gasteiger partial charge in [0.05, 0.1) is 6.10 Å². The van der Waals surface area contributed by atoms with Gasteiger partial charge in [0, 0.05) is 0 Å². The molecule has 0 amide bonds. The van der Waals surface area contributed by atoms with Crippen molar-refractivity contribution >= 4 is 0 Å². The quantitative estimate of drug-likeness (QED) is 0.400. The fourth-order valence-corrected chi connectivity index (χ4v) is 1.75. The zero-order valence-corrected chi connectivity index (χ0v) is 11.0. The van der Waals surface area contributed by atoms with Crippen molar-refractivity contribution in [2.45, 2.75) is 77.2 Å². The number of aliphatic hydroxyl groups excluding tert-OH is 1. The molecule has 0 saturated heterocycles. The van der Waals surface area contributed by atoms with Gasteiger partial charge in [0.25, 0.3) is 0 Å². The number of hydrogen-bond donors (Lipinski definition) is 1. The Balaban J connectivity index is 3.26. The molecule has 0 bridgehead atoms. The van der Waals surface area contributed by atoms with E-state index in [0.29, 0.717) is 0 Å². The van der Waals surface area contributed by atoms with Crippen molar-refractivity contribution in [2.24, 2.45) is 0 Å². The Morgan fingerprint density at radius 3 is 2.50 bits per heavy atom. The van der Waals surface area contributed by atoms with Crippen molar-refractivity contribution in [3.05, 3.63) is 19.1 Å². The molecule has 1 heteroatoms. The van der Waals surface area contributed by atoms with Crippen LogP contribution in [0.25, 0.3) is 0 Å². The van der Waals surface area contributed by atoms with E-state index in [-0.39, 0.29) is 6.10 Å². The Labute approximate surface area is 102 Å². The highest BCUT2D eigenvalue weighted by Crippen LogP contribution is 2.08. The molecule has 0 aliphatic heterocycles. The highest BCUT2D eigenvalue weighted by Gasteiger charge is 1.97. The van der Waals surface area contributed by atoms with Gasteiger partial charge in [-0.25, -0.2) is 0 Å². The molecule has 0 heterocycles. The van der Waals surface area contributed by atoms with Crippen LogP contribution < -0.4 is 0 Å². The predicted octanol–water partition coefficient (Wildman–Crippen LogP) is 4.66. The molecule has 0 aliphatic carbocycles. The monoisotopic (exact) mass is 225 g/mol. The van der Waals surface area contributed by atoms with Crippen LogP contribution in [0.2, 0.25) is 0 Å². The van der Waals surface area contributed by atoms with Gasteiger partial charge in [0.15, 0.2) is 0 Å². The molecule has 1 nitrogen and oxygen atoms in total. The van der Waals surface area contributed by atoms with E-state index in [4.69, 9.17) is 0 Å². The van der Waals surface area contributed by atoms with E-state index < -0.39 is 0 Å². The van der Waals surface area contributed by atoms with Crippen molar-refractivity contribution in [1.82, 2.24) is 0 Å². The van der Waals surface area contributed by atoms with Crippen LogP contribution in [0.1, 0.15) is 71.1 Å². The zero-order valence-electron chi connectivity index (χ0n) is 11.0. The van der Waals surface area contributed by atoms with Crippen LogP contribution in [0.15, 0.2) is 12.2 Å². The molecule has 16 heavy (non-hydrogen) atoms. The number of aliphatic hydroxyl groups is 1. The molecule has 0 aromatic rings. The summed E-state index contributed by atoms with van der Waals surface area (Å²) in [4.78, 5) is 0. The van der Waals surface area contributed by atoms with Crippen LogP contribution in [0, 0.1) is 6.92 Å². The first-order valence-corrected chi connectivity index (χ1v) is 6.95. The van der Waals surface area contributed by atoms with Gasteiger partial charge < -0.3 is 5.11 Å². The minimum atomic E-state index is -0.226. The minimum Gasteiger partial charge on any atom is -0.389 e. The maximum atomic E-state index is 9.65. The van der Waals surface area contributed by atoms with Gasteiger partial charge >= 0.3 is 0 Å². The average Bonchev–Trinajstić information content (AvgIpc) is 2.29. The third kappa shape index (κ3) is 11.8. The van der Waals surface area contributed by atoms with E-state index in [9.17, 15) is 5.11 Å². The molecule has 0 saturated carbocycles. The molecule has 0 aromatic carbocycles. The topological polar surface area (TPSA) is 20.2 Å². The fourth-order valence-electron chi connectivity index (χ4n) is 1.75. The SMILES string of the molecule is [CH2]CCCCCC(O)C=CCCCCCC. The van der Waals surface area contributed by atoms with Crippen LogP contribution in [-0.2, 0) is 0 Å². The lowest BCUT2D eigenvalue weighted by atomic mass is 10.1. The first-order valence-electron chi connectivity index (χ1n) is 6.95. The number of rotatable bonds is 11. The summed E-state index contributed by atoms with van der Waals surface area (Å²) >= 11 is 0. The smallest absolute Gasteiger partial charge is 0.0720 e. The van der Waals surface area contributed by atoms with Crippen molar-refractivity contribution in [3.63, 3.8) is 0 Å². The first-order chi connectivity index (χ1) is 7.81. The van der Waals surface area contributed by atoms with E-state index in [0.717, 1.165) is 25.7 Å². The molecule has 0 spiro atoms. The molecule has 1 radical (unpaired) electrons. The summed E-state index contributed by atoms with van der Waals surface area (Å²) in [6.07, 6.45) is 15.6. The van der Waals surface area contributed by atoms with Gasteiger partial charge in [-0.15, -0.1) is 0 Å². The molecule has 1 unspecified atom stereocenters. The second kappa shape index (κ2) is 12.8. The van der Waals surface area contributed by atoms with E-state index in [1.807, 2.05) is 6.08 Å². The van der Waals surface area contributed by atoms with Crippen molar-refractivity contribution < 1.29 is 5.11 Å². The maximum absolute atomic E-state index is 9.65. The lowest BCUT2D eigenvalue weighted by Crippen LogP contribution is -2.01. The largest absolute Gasteiger partial charge is 0.389 e. The van der Waals surface area contributed by atoms with Crippen LogP contribution in [0.5, 0.6) is 0 Å². The third-order valence-corrected chi connectivity index (χ3v) is 2.83. The lowest BCUT2D eigenvalue weighted by molar-refractivity contribution is 0.208. The van der Waals surface area contributed by atoms with E-state index in [1.165, 1.54) is 38.5 Å². The molecular weight excluding hydrogens is 196 g/mol. The van der Waals surface area contributed by atoms with Crippen LogP contribution >= 0.6 is 0 Å². The van der Waals surface area contributed by atoms with Gasteiger partial charge in [-0.1, -0.05) is 70.9 Å². The summed E-state index contributed by atoms with van der Waals surface area (Å²) in [5, 5.41) is 9.65. The molecule has 0 rings (SSSR count). The lowest BCUT2D eigenvalue weighted by Gasteiger charge is -2.04.